The van der Waals surface area contributed by atoms with Crippen LogP contribution in [0.5, 0.6) is 0 Å². The second-order valence-corrected chi connectivity index (χ2v) is 5.11. The van der Waals surface area contributed by atoms with Crippen molar-refractivity contribution in [2.45, 2.75) is 6.92 Å². The van der Waals surface area contributed by atoms with Crippen molar-refractivity contribution in [3.8, 4) is 0 Å². The minimum absolute atomic E-state index is 0.660. The van der Waals surface area contributed by atoms with Crippen LogP contribution in [-0.4, -0.2) is 0 Å². The average Bonchev–Trinajstić information content (AvgIpc) is 2.29. The van der Waals surface area contributed by atoms with E-state index in [-0.39, 0.29) is 0 Å². The highest BCUT2D eigenvalue weighted by Crippen LogP contribution is 2.28. The summed E-state index contributed by atoms with van der Waals surface area (Å²) in [6.07, 6.45) is 0. The first kappa shape index (κ1) is 12.3. The Labute approximate surface area is 114 Å². The summed E-state index contributed by atoms with van der Waals surface area (Å²) in [5.74, 6) is 0. The lowest BCUT2D eigenvalue weighted by Gasteiger charge is -2.10. The highest BCUT2D eigenvalue weighted by Gasteiger charge is 2.02. The summed E-state index contributed by atoms with van der Waals surface area (Å²) in [4.78, 5) is 0. The molecule has 0 heterocycles. The van der Waals surface area contributed by atoms with Gasteiger partial charge in [-0.3, -0.25) is 0 Å². The molecule has 0 unspecified atom stereocenters. The van der Waals surface area contributed by atoms with Gasteiger partial charge in [0, 0.05) is 15.2 Å². The summed E-state index contributed by atoms with van der Waals surface area (Å²) >= 11 is 9.43. The van der Waals surface area contributed by atoms with E-state index in [1.54, 1.807) is 12.1 Å². The van der Waals surface area contributed by atoms with Gasteiger partial charge in [-0.1, -0.05) is 33.6 Å². The molecule has 0 saturated carbocycles. The van der Waals surface area contributed by atoms with E-state index in [9.17, 15) is 0 Å². The van der Waals surface area contributed by atoms with Crippen LogP contribution in [-0.2, 0) is 0 Å². The van der Waals surface area contributed by atoms with Crippen LogP contribution in [0.1, 0.15) is 5.56 Å². The van der Waals surface area contributed by atoms with Gasteiger partial charge < -0.3 is 11.1 Å². The van der Waals surface area contributed by atoms with E-state index in [0.717, 1.165) is 15.8 Å². The number of nitrogen functional groups attached to an aromatic ring is 1. The van der Waals surface area contributed by atoms with Gasteiger partial charge in [0.25, 0.3) is 0 Å². The molecular formula is C13H12BrClN2. The van der Waals surface area contributed by atoms with Crippen molar-refractivity contribution in [2.75, 3.05) is 11.1 Å². The van der Waals surface area contributed by atoms with Crippen LogP contribution < -0.4 is 11.1 Å². The number of rotatable bonds is 2. The van der Waals surface area contributed by atoms with Crippen LogP contribution in [0.3, 0.4) is 0 Å². The van der Waals surface area contributed by atoms with Gasteiger partial charge in [-0.05, 0) is 42.8 Å². The normalized spacial score (nSPS) is 10.3. The number of nitrogens with two attached hydrogens (primary N) is 1. The molecule has 2 nitrogen and oxygen atoms in total. The summed E-state index contributed by atoms with van der Waals surface area (Å²) < 4.78 is 1.06. The summed E-state index contributed by atoms with van der Waals surface area (Å²) in [5.41, 5.74) is 9.52. The Morgan fingerprint density at radius 1 is 1.18 bits per heavy atom. The molecule has 88 valence electrons. The minimum Gasteiger partial charge on any atom is -0.397 e. The summed E-state index contributed by atoms with van der Waals surface area (Å²) in [7, 11) is 0. The maximum Gasteiger partial charge on any atom is 0.0632 e. The lowest BCUT2D eigenvalue weighted by molar-refractivity contribution is 1.42. The van der Waals surface area contributed by atoms with E-state index in [4.69, 9.17) is 17.3 Å². The van der Waals surface area contributed by atoms with Gasteiger partial charge in [0.2, 0.25) is 0 Å². The van der Waals surface area contributed by atoms with E-state index in [1.807, 2.05) is 31.2 Å². The van der Waals surface area contributed by atoms with Crippen molar-refractivity contribution in [3.63, 3.8) is 0 Å². The fourth-order valence-corrected chi connectivity index (χ4v) is 2.01. The fourth-order valence-electron chi connectivity index (χ4n) is 1.46. The van der Waals surface area contributed by atoms with Crippen LogP contribution in [0.15, 0.2) is 40.9 Å². The maximum absolute atomic E-state index is 5.93. The van der Waals surface area contributed by atoms with Crippen LogP contribution in [0.25, 0.3) is 0 Å². The Balaban J connectivity index is 2.31. The molecule has 0 radical (unpaired) electrons. The molecule has 17 heavy (non-hydrogen) atoms. The Kier molecular flexibility index (Phi) is 3.60. The molecular weight excluding hydrogens is 300 g/mol. The number of benzene rings is 2. The quantitative estimate of drug-likeness (QED) is 0.786. The molecule has 0 aromatic heterocycles. The first-order valence-electron chi connectivity index (χ1n) is 5.14. The van der Waals surface area contributed by atoms with Gasteiger partial charge in [-0.25, -0.2) is 0 Å². The van der Waals surface area contributed by atoms with Crippen molar-refractivity contribution < 1.29 is 0 Å². The Morgan fingerprint density at radius 3 is 2.65 bits per heavy atom. The number of hydrogen-bond acceptors (Lipinski definition) is 2. The zero-order chi connectivity index (χ0) is 12.4. The molecule has 4 heteroatoms. The van der Waals surface area contributed by atoms with Gasteiger partial charge in [0.05, 0.1) is 11.4 Å². The standard InChI is InChI=1S/C13H12BrClN2/c1-8-2-4-10(7-11(8)14)17-13-6-9(15)3-5-12(13)16/h2-7,17H,16H2,1H3. The van der Waals surface area contributed by atoms with Crippen LogP contribution in [0.2, 0.25) is 5.02 Å². The summed E-state index contributed by atoms with van der Waals surface area (Å²) in [6.45, 7) is 2.04. The van der Waals surface area contributed by atoms with Gasteiger partial charge >= 0.3 is 0 Å². The van der Waals surface area contributed by atoms with Crippen LogP contribution in [0, 0.1) is 6.92 Å². The molecule has 0 aliphatic heterocycles. The van der Waals surface area contributed by atoms with Crippen LogP contribution in [0.4, 0.5) is 17.1 Å². The minimum atomic E-state index is 0.660. The zero-order valence-corrected chi connectivity index (χ0v) is 11.6. The molecule has 0 aliphatic carbocycles. The van der Waals surface area contributed by atoms with Gasteiger partial charge in [-0.15, -0.1) is 0 Å². The van der Waals surface area contributed by atoms with E-state index in [0.29, 0.717) is 10.7 Å². The van der Waals surface area contributed by atoms with E-state index in [1.165, 1.54) is 5.56 Å². The largest absolute Gasteiger partial charge is 0.397 e. The van der Waals surface area contributed by atoms with Crippen molar-refractivity contribution in [1.82, 2.24) is 0 Å². The van der Waals surface area contributed by atoms with E-state index in [2.05, 4.69) is 21.2 Å². The molecule has 0 saturated heterocycles. The van der Waals surface area contributed by atoms with Crippen molar-refractivity contribution in [3.05, 3.63) is 51.5 Å². The summed E-state index contributed by atoms with van der Waals surface area (Å²) in [5, 5.41) is 3.90. The predicted octanol–water partition coefficient (Wildman–Crippen LogP) is 4.74. The molecule has 2 aromatic rings. The lowest BCUT2D eigenvalue weighted by atomic mass is 10.2. The van der Waals surface area contributed by atoms with Crippen LogP contribution >= 0.6 is 27.5 Å². The molecule has 2 aromatic carbocycles. The van der Waals surface area contributed by atoms with Crippen molar-refractivity contribution in [1.29, 1.82) is 0 Å². The number of halogens is 2. The van der Waals surface area contributed by atoms with Crippen molar-refractivity contribution in [2.24, 2.45) is 0 Å². The second kappa shape index (κ2) is 4.98. The molecule has 0 aliphatic rings. The topological polar surface area (TPSA) is 38.0 Å². The molecule has 0 atom stereocenters. The first-order chi connectivity index (χ1) is 8.06. The summed E-state index contributed by atoms with van der Waals surface area (Å²) in [6, 6.07) is 11.4. The van der Waals surface area contributed by atoms with Gasteiger partial charge in [-0.2, -0.15) is 0 Å². The maximum atomic E-state index is 5.93. The first-order valence-corrected chi connectivity index (χ1v) is 6.31. The van der Waals surface area contributed by atoms with Crippen molar-refractivity contribution >= 4 is 44.6 Å². The molecule has 0 bridgehead atoms. The second-order valence-electron chi connectivity index (χ2n) is 3.82. The SMILES string of the molecule is Cc1ccc(Nc2cc(Cl)ccc2N)cc1Br. The lowest BCUT2D eigenvalue weighted by Crippen LogP contribution is -1.96. The monoisotopic (exact) mass is 310 g/mol. The fraction of sp³-hybridized carbons (Fsp3) is 0.0769. The Morgan fingerprint density at radius 2 is 1.94 bits per heavy atom. The number of anilines is 3. The highest BCUT2D eigenvalue weighted by atomic mass is 79.9. The molecule has 0 spiro atoms. The van der Waals surface area contributed by atoms with Gasteiger partial charge in [0.1, 0.15) is 0 Å². The molecule has 2 rings (SSSR count). The number of hydrogen-bond donors (Lipinski definition) is 2. The third-order valence-corrected chi connectivity index (χ3v) is 3.56. The Bertz CT molecular complexity index is 555. The zero-order valence-electron chi connectivity index (χ0n) is 9.30. The molecule has 3 N–H and O–H groups in total. The smallest absolute Gasteiger partial charge is 0.0632 e. The Hall–Kier alpha value is -1.19. The van der Waals surface area contributed by atoms with E-state index < -0.39 is 0 Å². The predicted molar refractivity (Wildman–Crippen MR) is 78.0 cm³/mol. The van der Waals surface area contributed by atoms with E-state index >= 15 is 0 Å². The third-order valence-electron chi connectivity index (χ3n) is 2.47. The third kappa shape index (κ3) is 2.93. The molecule has 0 fully saturated rings. The average molecular weight is 312 g/mol. The highest BCUT2D eigenvalue weighted by molar-refractivity contribution is 9.10. The molecule has 0 amide bonds. The van der Waals surface area contributed by atoms with Gasteiger partial charge in [0.15, 0.2) is 0 Å². The number of aryl methyl sites for hydroxylation is 1. The number of nitrogens with one attached hydrogen (secondary N) is 1.